The summed E-state index contributed by atoms with van der Waals surface area (Å²) in [6, 6.07) is 9.03. The Morgan fingerprint density at radius 1 is 1.33 bits per heavy atom. The van der Waals surface area contributed by atoms with E-state index in [0.29, 0.717) is 23.0 Å². The van der Waals surface area contributed by atoms with Gasteiger partial charge in [0.05, 0.1) is 11.9 Å². The maximum atomic E-state index is 12.2. The van der Waals surface area contributed by atoms with Gasteiger partial charge in [-0.1, -0.05) is 30.7 Å². The zero-order valence-electron chi connectivity index (χ0n) is 13.3. The van der Waals surface area contributed by atoms with Crippen LogP contribution in [-0.2, 0) is 13.1 Å². The van der Waals surface area contributed by atoms with Gasteiger partial charge in [0, 0.05) is 35.4 Å². The molecule has 24 heavy (non-hydrogen) atoms. The summed E-state index contributed by atoms with van der Waals surface area (Å²) in [5.41, 5.74) is 2.98. The highest BCUT2D eigenvalue weighted by atomic mass is 35.5. The van der Waals surface area contributed by atoms with Gasteiger partial charge in [-0.3, -0.25) is 14.6 Å². The fraction of sp³-hybridized carbons (Fsp3) is 0.235. The normalized spacial score (nSPS) is 10.8. The molecule has 0 spiro atoms. The maximum absolute atomic E-state index is 12.2. The fourth-order valence-electron chi connectivity index (χ4n) is 2.33. The molecule has 2 aromatic heterocycles. The van der Waals surface area contributed by atoms with Crippen molar-refractivity contribution in [3.63, 3.8) is 0 Å². The average Bonchev–Trinajstić information content (AvgIpc) is 3.23. The Bertz CT molecular complexity index is 822. The summed E-state index contributed by atoms with van der Waals surface area (Å²) in [5, 5.41) is 14.7. The topological polar surface area (TPSA) is 75.6 Å². The highest BCUT2D eigenvalue weighted by Gasteiger charge is 2.11. The number of benzene rings is 1. The van der Waals surface area contributed by atoms with Crippen LogP contribution in [0.4, 0.5) is 0 Å². The first kappa shape index (κ1) is 16.3. The minimum absolute atomic E-state index is 0.203. The van der Waals surface area contributed by atoms with Crippen LogP contribution in [0.5, 0.6) is 0 Å². The third-order valence-electron chi connectivity index (χ3n) is 3.55. The van der Waals surface area contributed by atoms with Gasteiger partial charge >= 0.3 is 0 Å². The summed E-state index contributed by atoms with van der Waals surface area (Å²) in [5.74, 6) is -0.203. The number of aromatic amines is 1. The van der Waals surface area contributed by atoms with Crippen LogP contribution in [0.15, 0.2) is 42.7 Å². The molecular formula is C17H18ClN5O. The standard InChI is InChI=1S/C17H18ClN5O/c1-2-7-23-11-12(10-20-23)9-19-17(24)16-8-15(21-22-16)13-3-5-14(18)6-4-13/h3-6,8,10-11H,2,7,9H2,1H3,(H,19,24)(H,21,22). The summed E-state index contributed by atoms with van der Waals surface area (Å²) in [6.07, 6.45) is 4.73. The van der Waals surface area contributed by atoms with Crippen LogP contribution in [0.2, 0.25) is 5.02 Å². The van der Waals surface area contributed by atoms with Gasteiger partial charge in [-0.15, -0.1) is 0 Å². The van der Waals surface area contributed by atoms with E-state index in [1.165, 1.54) is 0 Å². The van der Waals surface area contributed by atoms with Crippen LogP contribution in [0.3, 0.4) is 0 Å². The number of hydrogen-bond donors (Lipinski definition) is 2. The van der Waals surface area contributed by atoms with Gasteiger partial charge in [-0.05, 0) is 24.6 Å². The van der Waals surface area contributed by atoms with Crippen molar-refractivity contribution in [2.45, 2.75) is 26.4 Å². The summed E-state index contributed by atoms with van der Waals surface area (Å²) >= 11 is 5.88. The number of carbonyl (C=O) groups excluding carboxylic acids is 1. The number of aromatic nitrogens is 4. The summed E-state index contributed by atoms with van der Waals surface area (Å²) in [6.45, 7) is 3.40. The molecule has 0 aliphatic rings. The fourth-order valence-corrected chi connectivity index (χ4v) is 2.46. The molecule has 7 heteroatoms. The lowest BCUT2D eigenvalue weighted by Gasteiger charge is -2.00. The average molecular weight is 344 g/mol. The summed E-state index contributed by atoms with van der Waals surface area (Å²) in [4.78, 5) is 12.2. The molecule has 0 radical (unpaired) electrons. The lowest BCUT2D eigenvalue weighted by atomic mass is 10.1. The molecule has 6 nitrogen and oxygen atoms in total. The predicted molar refractivity (Wildman–Crippen MR) is 92.7 cm³/mol. The number of nitrogens with zero attached hydrogens (tertiary/aromatic N) is 3. The highest BCUT2D eigenvalue weighted by molar-refractivity contribution is 6.30. The van der Waals surface area contributed by atoms with Gasteiger partial charge in [0.15, 0.2) is 0 Å². The monoisotopic (exact) mass is 343 g/mol. The number of nitrogens with one attached hydrogen (secondary N) is 2. The molecule has 0 unspecified atom stereocenters. The largest absolute Gasteiger partial charge is 0.347 e. The van der Waals surface area contributed by atoms with Gasteiger partial charge in [0.25, 0.3) is 5.91 Å². The molecule has 0 saturated heterocycles. The van der Waals surface area contributed by atoms with E-state index in [1.54, 1.807) is 24.4 Å². The van der Waals surface area contributed by atoms with Crippen LogP contribution >= 0.6 is 11.6 Å². The molecule has 2 heterocycles. The van der Waals surface area contributed by atoms with Crippen LogP contribution in [0, 0.1) is 0 Å². The predicted octanol–water partition coefficient (Wildman–Crippen LogP) is 3.27. The van der Waals surface area contributed by atoms with Crippen molar-refractivity contribution >= 4 is 17.5 Å². The number of rotatable bonds is 6. The van der Waals surface area contributed by atoms with Crippen molar-refractivity contribution in [2.24, 2.45) is 0 Å². The maximum Gasteiger partial charge on any atom is 0.269 e. The van der Waals surface area contributed by atoms with E-state index in [2.05, 4.69) is 27.5 Å². The molecule has 0 atom stereocenters. The molecule has 0 bridgehead atoms. The number of carbonyl (C=O) groups is 1. The Balaban J connectivity index is 1.62. The number of hydrogen-bond acceptors (Lipinski definition) is 3. The molecule has 0 aliphatic heterocycles. The van der Waals surface area contributed by atoms with Gasteiger partial charge < -0.3 is 5.32 Å². The minimum Gasteiger partial charge on any atom is -0.347 e. The molecule has 1 aromatic carbocycles. The van der Waals surface area contributed by atoms with Crippen molar-refractivity contribution in [3.05, 3.63) is 59.0 Å². The molecule has 2 N–H and O–H groups in total. The Hall–Kier alpha value is -2.60. The van der Waals surface area contributed by atoms with E-state index >= 15 is 0 Å². The van der Waals surface area contributed by atoms with E-state index in [0.717, 1.165) is 24.1 Å². The summed E-state index contributed by atoms with van der Waals surface area (Å²) in [7, 11) is 0. The van der Waals surface area contributed by atoms with Crippen molar-refractivity contribution in [1.29, 1.82) is 0 Å². The lowest BCUT2D eigenvalue weighted by Crippen LogP contribution is -2.22. The first-order chi connectivity index (χ1) is 11.7. The second-order valence-corrected chi connectivity index (χ2v) is 5.90. The van der Waals surface area contributed by atoms with E-state index in [9.17, 15) is 4.79 Å². The molecular weight excluding hydrogens is 326 g/mol. The van der Waals surface area contributed by atoms with Crippen LogP contribution in [-0.4, -0.2) is 25.9 Å². The smallest absolute Gasteiger partial charge is 0.269 e. The van der Waals surface area contributed by atoms with Gasteiger partial charge in [-0.2, -0.15) is 10.2 Å². The number of H-pyrrole nitrogens is 1. The molecule has 1 amide bonds. The molecule has 0 aliphatic carbocycles. The first-order valence-corrected chi connectivity index (χ1v) is 8.14. The second-order valence-electron chi connectivity index (χ2n) is 5.47. The van der Waals surface area contributed by atoms with E-state index in [-0.39, 0.29) is 5.91 Å². The van der Waals surface area contributed by atoms with Gasteiger partial charge in [-0.25, -0.2) is 0 Å². The molecule has 0 saturated carbocycles. The Morgan fingerprint density at radius 2 is 2.12 bits per heavy atom. The van der Waals surface area contributed by atoms with Gasteiger partial charge in [0.2, 0.25) is 0 Å². The molecule has 3 rings (SSSR count). The third kappa shape index (κ3) is 3.83. The SMILES string of the molecule is CCCn1cc(CNC(=O)c2cc(-c3ccc(Cl)cc3)n[nH]2)cn1. The number of amides is 1. The summed E-state index contributed by atoms with van der Waals surface area (Å²) < 4.78 is 1.87. The Labute approximate surface area is 144 Å². The van der Waals surface area contributed by atoms with Crippen molar-refractivity contribution in [1.82, 2.24) is 25.3 Å². The minimum atomic E-state index is -0.203. The Kier molecular flexibility index (Phi) is 4.96. The van der Waals surface area contributed by atoms with Crippen LogP contribution in [0.25, 0.3) is 11.3 Å². The lowest BCUT2D eigenvalue weighted by molar-refractivity contribution is 0.0946. The van der Waals surface area contributed by atoms with Crippen molar-refractivity contribution in [3.8, 4) is 11.3 Å². The second kappa shape index (κ2) is 7.31. The van der Waals surface area contributed by atoms with Crippen LogP contribution < -0.4 is 5.32 Å². The molecule has 124 valence electrons. The third-order valence-corrected chi connectivity index (χ3v) is 3.81. The zero-order chi connectivity index (χ0) is 16.9. The Morgan fingerprint density at radius 3 is 2.88 bits per heavy atom. The first-order valence-electron chi connectivity index (χ1n) is 7.76. The highest BCUT2D eigenvalue weighted by Crippen LogP contribution is 2.20. The number of halogens is 1. The zero-order valence-corrected chi connectivity index (χ0v) is 14.0. The van der Waals surface area contributed by atoms with Crippen molar-refractivity contribution < 1.29 is 4.79 Å². The van der Waals surface area contributed by atoms with E-state index < -0.39 is 0 Å². The molecule has 3 aromatic rings. The molecule has 0 fully saturated rings. The van der Waals surface area contributed by atoms with E-state index in [4.69, 9.17) is 11.6 Å². The van der Waals surface area contributed by atoms with Crippen LogP contribution in [0.1, 0.15) is 29.4 Å². The van der Waals surface area contributed by atoms with E-state index in [1.807, 2.05) is 23.0 Å². The quantitative estimate of drug-likeness (QED) is 0.721. The van der Waals surface area contributed by atoms with Crippen molar-refractivity contribution in [2.75, 3.05) is 0 Å². The van der Waals surface area contributed by atoms with Gasteiger partial charge in [0.1, 0.15) is 5.69 Å². The number of aryl methyl sites for hydroxylation is 1.